The van der Waals surface area contributed by atoms with Crippen molar-refractivity contribution in [2.45, 2.75) is 0 Å². The van der Waals surface area contributed by atoms with Crippen molar-refractivity contribution in [3.05, 3.63) is 36.0 Å². The Bertz CT molecular complexity index is 321. The molecule has 0 spiro atoms. The lowest BCUT2D eigenvalue weighted by Crippen LogP contribution is -1.68. The van der Waals surface area contributed by atoms with Crippen LogP contribution in [0.2, 0.25) is 0 Å². The second-order valence-electron chi connectivity index (χ2n) is 2.13. The highest BCUT2D eigenvalue weighted by atomic mass is 16.3. The number of benzene rings is 1. The van der Waals surface area contributed by atoms with Gasteiger partial charge in [0.15, 0.2) is 0 Å². The van der Waals surface area contributed by atoms with Gasteiger partial charge in [-0.15, -0.1) is 0 Å². The van der Waals surface area contributed by atoms with E-state index in [4.69, 9.17) is 5.11 Å². The third-order valence-corrected chi connectivity index (χ3v) is 1.29. The summed E-state index contributed by atoms with van der Waals surface area (Å²) in [6.07, 6.45) is 4.38. The van der Waals surface area contributed by atoms with Crippen LogP contribution in [0.4, 0.5) is 0 Å². The quantitative estimate of drug-likeness (QED) is 0.530. The lowest BCUT2D eigenvalue weighted by atomic mass is 10.2. The number of phenolic OH excluding ortho intramolecular Hbond substituents is 1. The molecule has 3 nitrogen and oxygen atoms in total. The number of isocyanates is 1. The molecule has 0 aliphatic heterocycles. The van der Waals surface area contributed by atoms with Crippen LogP contribution in [0.5, 0.6) is 5.75 Å². The number of phenols is 1. The largest absolute Gasteiger partial charge is 0.508 e. The van der Waals surface area contributed by atoms with Crippen molar-refractivity contribution < 1.29 is 9.90 Å². The topological polar surface area (TPSA) is 49.7 Å². The van der Waals surface area contributed by atoms with Crippen molar-refractivity contribution in [3.63, 3.8) is 0 Å². The summed E-state index contributed by atoms with van der Waals surface area (Å²) in [5.41, 5.74) is 0.867. The van der Waals surface area contributed by atoms with Gasteiger partial charge < -0.3 is 5.11 Å². The molecule has 1 N–H and O–H groups in total. The summed E-state index contributed by atoms with van der Waals surface area (Å²) < 4.78 is 0. The van der Waals surface area contributed by atoms with E-state index >= 15 is 0 Å². The van der Waals surface area contributed by atoms with E-state index in [1.54, 1.807) is 30.3 Å². The maximum absolute atomic E-state index is 9.67. The average Bonchev–Trinajstić information content (AvgIpc) is 2.09. The average molecular weight is 161 g/mol. The molecule has 0 atom stereocenters. The molecule has 0 heterocycles. The van der Waals surface area contributed by atoms with E-state index in [-0.39, 0.29) is 5.75 Å². The highest BCUT2D eigenvalue weighted by Gasteiger charge is 1.86. The molecule has 0 aromatic heterocycles. The van der Waals surface area contributed by atoms with Gasteiger partial charge in [-0.1, -0.05) is 12.1 Å². The molecule has 3 heteroatoms. The summed E-state index contributed by atoms with van der Waals surface area (Å²) >= 11 is 0. The molecule has 1 aromatic rings. The Morgan fingerprint density at radius 1 is 1.33 bits per heavy atom. The highest BCUT2D eigenvalue weighted by molar-refractivity contribution is 5.51. The first-order valence-electron chi connectivity index (χ1n) is 3.35. The van der Waals surface area contributed by atoms with Gasteiger partial charge in [0.2, 0.25) is 6.08 Å². The molecule has 0 unspecified atom stereocenters. The van der Waals surface area contributed by atoms with E-state index in [1.165, 1.54) is 12.3 Å². The van der Waals surface area contributed by atoms with Gasteiger partial charge in [-0.2, -0.15) is 4.99 Å². The minimum absolute atomic E-state index is 0.214. The first-order valence-corrected chi connectivity index (χ1v) is 3.35. The lowest BCUT2D eigenvalue weighted by Gasteiger charge is -1.91. The van der Waals surface area contributed by atoms with Crippen molar-refractivity contribution >= 4 is 12.2 Å². The van der Waals surface area contributed by atoms with Crippen LogP contribution in [0.1, 0.15) is 5.56 Å². The molecule has 12 heavy (non-hydrogen) atoms. The Balaban J connectivity index is 2.77. The third-order valence-electron chi connectivity index (χ3n) is 1.29. The van der Waals surface area contributed by atoms with Gasteiger partial charge in [0.1, 0.15) is 5.75 Å². The van der Waals surface area contributed by atoms with Crippen molar-refractivity contribution in [2.75, 3.05) is 0 Å². The number of hydrogen-bond donors (Lipinski definition) is 1. The molecule has 0 aliphatic rings. The zero-order valence-electron chi connectivity index (χ0n) is 6.27. The summed E-state index contributed by atoms with van der Waals surface area (Å²) in [5.74, 6) is 0.214. The number of aromatic hydroxyl groups is 1. The molecule has 0 saturated heterocycles. The summed E-state index contributed by atoms with van der Waals surface area (Å²) in [7, 11) is 0. The SMILES string of the molecule is O=C=N/C=C/c1ccc(O)cc1. The number of nitrogens with zero attached hydrogens (tertiary/aromatic N) is 1. The van der Waals surface area contributed by atoms with Crippen LogP contribution >= 0.6 is 0 Å². The molecule has 1 rings (SSSR count). The van der Waals surface area contributed by atoms with E-state index in [9.17, 15) is 4.79 Å². The monoisotopic (exact) mass is 161 g/mol. The minimum atomic E-state index is 0.214. The van der Waals surface area contributed by atoms with Crippen molar-refractivity contribution in [1.82, 2.24) is 0 Å². The van der Waals surface area contributed by atoms with Crippen LogP contribution in [0.3, 0.4) is 0 Å². The molecular formula is C9H7NO2. The number of rotatable bonds is 2. The van der Waals surface area contributed by atoms with Gasteiger partial charge in [-0.25, -0.2) is 4.79 Å². The number of hydrogen-bond acceptors (Lipinski definition) is 3. The van der Waals surface area contributed by atoms with E-state index in [2.05, 4.69) is 4.99 Å². The van der Waals surface area contributed by atoms with Gasteiger partial charge in [0.05, 0.1) is 0 Å². The fourth-order valence-corrected chi connectivity index (χ4v) is 0.739. The van der Waals surface area contributed by atoms with Crippen LogP contribution in [-0.4, -0.2) is 11.2 Å². The molecule has 60 valence electrons. The van der Waals surface area contributed by atoms with Crippen molar-refractivity contribution in [1.29, 1.82) is 0 Å². The Kier molecular flexibility index (Phi) is 2.82. The van der Waals surface area contributed by atoms with Crippen LogP contribution in [0.25, 0.3) is 6.08 Å². The highest BCUT2D eigenvalue weighted by Crippen LogP contribution is 2.10. The zero-order chi connectivity index (χ0) is 8.81. The molecule has 0 fully saturated rings. The molecule has 0 bridgehead atoms. The fraction of sp³-hybridized carbons (Fsp3) is 0. The van der Waals surface area contributed by atoms with Crippen LogP contribution in [0.15, 0.2) is 35.5 Å². The van der Waals surface area contributed by atoms with Crippen molar-refractivity contribution in [3.8, 4) is 5.75 Å². The second kappa shape index (κ2) is 4.11. The van der Waals surface area contributed by atoms with Gasteiger partial charge >= 0.3 is 0 Å². The van der Waals surface area contributed by atoms with Gasteiger partial charge in [-0.05, 0) is 23.8 Å². The molecule has 1 aromatic carbocycles. The normalized spacial score (nSPS) is 9.67. The molecule has 0 amide bonds. The standard InChI is InChI=1S/C9H7NO2/c11-7-10-6-5-8-1-3-9(12)4-2-8/h1-6,12H/b6-5+. The summed E-state index contributed by atoms with van der Waals surface area (Å²) in [4.78, 5) is 12.9. The van der Waals surface area contributed by atoms with Gasteiger partial charge in [0, 0.05) is 6.20 Å². The number of carbonyl (C=O) groups excluding carboxylic acids is 1. The zero-order valence-corrected chi connectivity index (χ0v) is 6.27. The first-order chi connectivity index (χ1) is 5.83. The third kappa shape index (κ3) is 2.40. The summed E-state index contributed by atoms with van der Waals surface area (Å²) in [6, 6.07) is 6.55. The Morgan fingerprint density at radius 2 is 2.00 bits per heavy atom. The van der Waals surface area contributed by atoms with Gasteiger partial charge in [-0.3, -0.25) is 0 Å². The van der Waals surface area contributed by atoms with E-state index in [0.717, 1.165) is 5.56 Å². The Hall–Kier alpha value is -1.86. The molecule has 0 radical (unpaired) electrons. The fourth-order valence-electron chi connectivity index (χ4n) is 0.739. The lowest BCUT2D eigenvalue weighted by molar-refractivity contribution is 0.475. The molecular weight excluding hydrogens is 154 g/mol. The van der Waals surface area contributed by atoms with Gasteiger partial charge in [0.25, 0.3) is 0 Å². The van der Waals surface area contributed by atoms with E-state index < -0.39 is 0 Å². The van der Waals surface area contributed by atoms with Crippen LogP contribution < -0.4 is 0 Å². The van der Waals surface area contributed by atoms with E-state index in [0.29, 0.717) is 0 Å². The predicted octanol–water partition coefficient (Wildman–Crippen LogP) is 1.70. The minimum Gasteiger partial charge on any atom is -0.508 e. The van der Waals surface area contributed by atoms with E-state index in [1.807, 2.05) is 0 Å². The second-order valence-corrected chi connectivity index (χ2v) is 2.13. The summed E-state index contributed by atoms with van der Waals surface area (Å²) in [5, 5.41) is 8.92. The molecule has 0 saturated carbocycles. The first kappa shape index (κ1) is 8.24. The van der Waals surface area contributed by atoms with Crippen molar-refractivity contribution in [2.24, 2.45) is 4.99 Å². The maximum Gasteiger partial charge on any atom is 0.239 e. The Morgan fingerprint density at radius 3 is 2.58 bits per heavy atom. The molecule has 0 aliphatic carbocycles. The summed E-state index contributed by atoms with van der Waals surface area (Å²) in [6.45, 7) is 0. The smallest absolute Gasteiger partial charge is 0.239 e. The maximum atomic E-state index is 9.67. The number of aliphatic imine (C=N–C) groups is 1. The predicted molar refractivity (Wildman–Crippen MR) is 45.3 cm³/mol. The van der Waals surface area contributed by atoms with Crippen LogP contribution in [0, 0.1) is 0 Å². The van der Waals surface area contributed by atoms with Crippen LogP contribution in [-0.2, 0) is 4.79 Å². The Labute approximate surface area is 69.7 Å².